The van der Waals surface area contributed by atoms with E-state index >= 15 is 0 Å². The van der Waals surface area contributed by atoms with Gasteiger partial charge in [-0.15, -0.1) is 0 Å². The Bertz CT molecular complexity index is 587. The van der Waals surface area contributed by atoms with E-state index in [2.05, 4.69) is 17.0 Å². The molecule has 0 fully saturated rings. The van der Waals surface area contributed by atoms with Crippen molar-refractivity contribution in [1.82, 2.24) is 10.1 Å². The molecule has 2 rings (SSSR count). The average molecular weight is 296 g/mol. The highest BCUT2D eigenvalue weighted by molar-refractivity contribution is 5.58. The molecule has 1 aromatic heterocycles. The lowest BCUT2D eigenvalue weighted by Gasteiger charge is -2.12. The molecule has 0 N–H and O–H groups in total. The van der Waals surface area contributed by atoms with Crippen LogP contribution >= 0.6 is 0 Å². The zero-order chi connectivity index (χ0) is 15.2. The number of halogens is 2. The molecule has 21 heavy (non-hydrogen) atoms. The Morgan fingerprint density at radius 2 is 2.05 bits per heavy atom. The third-order valence-electron chi connectivity index (χ3n) is 3.18. The fraction of sp³-hybridized carbons (Fsp3) is 0.400. The predicted octanol–water partition coefficient (Wildman–Crippen LogP) is 3.09. The van der Waals surface area contributed by atoms with Crippen LogP contribution in [-0.2, 0) is 11.3 Å². The van der Waals surface area contributed by atoms with Crippen LogP contribution in [0, 0.1) is 11.6 Å². The smallest absolute Gasteiger partial charge is 0.163 e. The van der Waals surface area contributed by atoms with Crippen molar-refractivity contribution in [3.63, 3.8) is 0 Å². The van der Waals surface area contributed by atoms with Crippen molar-refractivity contribution in [1.29, 1.82) is 0 Å². The molecule has 114 valence electrons. The number of nitrogens with zero attached hydrogens (tertiary/aromatic N) is 2. The first-order valence-corrected chi connectivity index (χ1v) is 6.77. The van der Waals surface area contributed by atoms with Gasteiger partial charge in [0.25, 0.3) is 0 Å². The van der Waals surface area contributed by atoms with Crippen LogP contribution in [0.3, 0.4) is 0 Å². The third-order valence-corrected chi connectivity index (χ3v) is 3.18. The number of likely N-dealkylation sites (N-methyl/N-ethyl adjacent to an activating group) is 1. The van der Waals surface area contributed by atoms with Gasteiger partial charge in [0.1, 0.15) is 12.3 Å². The van der Waals surface area contributed by atoms with E-state index in [0.29, 0.717) is 30.2 Å². The normalized spacial score (nSPS) is 11.3. The van der Waals surface area contributed by atoms with Crippen LogP contribution in [0.5, 0.6) is 0 Å². The van der Waals surface area contributed by atoms with Crippen LogP contribution in [0.25, 0.3) is 11.3 Å². The van der Waals surface area contributed by atoms with E-state index in [-0.39, 0.29) is 0 Å². The Morgan fingerprint density at radius 1 is 1.24 bits per heavy atom. The van der Waals surface area contributed by atoms with Crippen molar-refractivity contribution in [2.24, 2.45) is 0 Å². The van der Waals surface area contributed by atoms with E-state index in [1.807, 2.05) is 7.05 Å². The van der Waals surface area contributed by atoms with Gasteiger partial charge in [-0.3, -0.25) is 0 Å². The molecule has 0 atom stereocenters. The largest absolute Gasteiger partial charge is 0.372 e. The summed E-state index contributed by atoms with van der Waals surface area (Å²) in [6, 6.07) is 5.28. The zero-order valence-corrected chi connectivity index (χ0v) is 12.1. The molecule has 0 aliphatic rings. The Hall–Kier alpha value is -1.79. The number of ether oxygens (including phenoxy) is 1. The summed E-state index contributed by atoms with van der Waals surface area (Å²) in [7, 11) is 2.01. The maximum Gasteiger partial charge on any atom is 0.163 e. The number of hydrogen-bond donors (Lipinski definition) is 0. The van der Waals surface area contributed by atoms with E-state index in [1.54, 1.807) is 6.07 Å². The summed E-state index contributed by atoms with van der Waals surface area (Å²) < 4.78 is 36.6. The molecule has 0 aliphatic heterocycles. The van der Waals surface area contributed by atoms with Crippen molar-refractivity contribution < 1.29 is 18.0 Å². The quantitative estimate of drug-likeness (QED) is 0.736. The molecule has 0 saturated carbocycles. The molecule has 0 aliphatic carbocycles. The van der Waals surface area contributed by atoms with Gasteiger partial charge in [0.2, 0.25) is 0 Å². The number of rotatable bonds is 7. The molecule has 0 amide bonds. The molecular formula is C15H18F2N2O2. The number of aromatic nitrogens is 1. The van der Waals surface area contributed by atoms with Gasteiger partial charge in [-0.2, -0.15) is 0 Å². The highest BCUT2D eigenvalue weighted by Crippen LogP contribution is 2.21. The van der Waals surface area contributed by atoms with Crippen LogP contribution in [0.15, 0.2) is 28.8 Å². The van der Waals surface area contributed by atoms with Gasteiger partial charge in [-0.1, -0.05) is 12.1 Å². The standard InChI is InChI=1S/C15H18F2N2O2/c1-3-19(2)6-7-20-10-12-9-15(18-21-12)11-4-5-13(16)14(17)8-11/h4-5,8-9H,3,6-7,10H2,1-2H3. The molecule has 1 aromatic carbocycles. The Kier molecular flexibility index (Phi) is 5.41. The van der Waals surface area contributed by atoms with Gasteiger partial charge in [0.15, 0.2) is 17.4 Å². The molecule has 6 heteroatoms. The van der Waals surface area contributed by atoms with Crippen molar-refractivity contribution in [3.05, 3.63) is 41.7 Å². The van der Waals surface area contributed by atoms with Gasteiger partial charge in [0, 0.05) is 18.2 Å². The van der Waals surface area contributed by atoms with Crippen molar-refractivity contribution >= 4 is 0 Å². The maximum absolute atomic E-state index is 13.2. The van der Waals surface area contributed by atoms with Crippen molar-refractivity contribution in [3.8, 4) is 11.3 Å². The van der Waals surface area contributed by atoms with E-state index in [9.17, 15) is 8.78 Å². The summed E-state index contributed by atoms with van der Waals surface area (Å²) >= 11 is 0. The van der Waals surface area contributed by atoms with Crippen LogP contribution in [0.4, 0.5) is 8.78 Å². The second kappa shape index (κ2) is 7.28. The van der Waals surface area contributed by atoms with Crippen LogP contribution in [-0.4, -0.2) is 36.8 Å². The van der Waals surface area contributed by atoms with Gasteiger partial charge < -0.3 is 14.2 Å². The Balaban J connectivity index is 1.90. The van der Waals surface area contributed by atoms with Gasteiger partial charge in [-0.25, -0.2) is 8.78 Å². The Labute approximate surface area is 122 Å². The lowest BCUT2D eigenvalue weighted by molar-refractivity contribution is 0.0850. The summed E-state index contributed by atoms with van der Waals surface area (Å²) in [4.78, 5) is 2.13. The first-order chi connectivity index (χ1) is 10.1. The molecule has 0 saturated heterocycles. The fourth-order valence-electron chi connectivity index (χ4n) is 1.72. The average Bonchev–Trinajstić information content (AvgIpc) is 2.95. The van der Waals surface area contributed by atoms with E-state index < -0.39 is 11.6 Å². The molecule has 0 unspecified atom stereocenters. The minimum atomic E-state index is -0.907. The molecular weight excluding hydrogens is 278 g/mol. The lowest BCUT2D eigenvalue weighted by Crippen LogP contribution is -2.22. The van der Waals surface area contributed by atoms with Gasteiger partial charge in [-0.05, 0) is 31.8 Å². The predicted molar refractivity (Wildman–Crippen MR) is 74.7 cm³/mol. The second-order valence-electron chi connectivity index (χ2n) is 4.76. The van der Waals surface area contributed by atoms with E-state index in [4.69, 9.17) is 9.26 Å². The van der Waals surface area contributed by atoms with Crippen molar-refractivity contribution in [2.75, 3.05) is 26.7 Å². The highest BCUT2D eigenvalue weighted by atomic mass is 19.2. The summed E-state index contributed by atoms with van der Waals surface area (Å²) in [6.45, 7) is 4.76. The molecule has 2 aromatic rings. The van der Waals surface area contributed by atoms with Gasteiger partial charge >= 0.3 is 0 Å². The maximum atomic E-state index is 13.2. The van der Waals surface area contributed by atoms with Gasteiger partial charge in [0.05, 0.1) is 6.61 Å². The molecule has 0 bridgehead atoms. The summed E-state index contributed by atoms with van der Waals surface area (Å²) in [6.07, 6.45) is 0. The minimum Gasteiger partial charge on any atom is -0.372 e. The highest BCUT2D eigenvalue weighted by Gasteiger charge is 2.09. The third kappa shape index (κ3) is 4.34. The van der Waals surface area contributed by atoms with Crippen LogP contribution in [0.1, 0.15) is 12.7 Å². The number of hydrogen-bond acceptors (Lipinski definition) is 4. The first-order valence-electron chi connectivity index (χ1n) is 6.77. The zero-order valence-electron chi connectivity index (χ0n) is 12.1. The van der Waals surface area contributed by atoms with Crippen LogP contribution in [0.2, 0.25) is 0 Å². The summed E-state index contributed by atoms with van der Waals surface area (Å²) in [5.74, 6) is -1.24. The topological polar surface area (TPSA) is 38.5 Å². The first kappa shape index (κ1) is 15.6. The minimum absolute atomic E-state index is 0.300. The van der Waals surface area contributed by atoms with E-state index in [0.717, 1.165) is 25.2 Å². The molecule has 0 spiro atoms. The monoisotopic (exact) mass is 296 g/mol. The second-order valence-corrected chi connectivity index (χ2v) is 4.76. The summed E-state index contributed by atoms with van der Waals surface area (Å²) in [5, 5.41) is 3.83. The lowest BCUT2D eigenvalue weighted by atomic mass is 10.1. The van der Waals surface area contributed by atoms with E-state index in [1.165, 1.54) is 6.07 Å². The fourth-order valence-corrected chi connectivity index (χ4v) is 1.72. The summed E-state index contributed by atoms with van der Waals surface area (Å²) in [5.41, 5.74) is 0.924. The molecule has 4 nitrogen and oxygen atoms in total. The van der Waals surface area contributed by atoms with Crippen LogP contribution < -0.4 is 0 Å². The number of benzene rings is 1. The van der Waals surface area contributed by atoms with Crippen molar-refractivity contribution in [2.45, 2.75) is 13.5 Å². The molecule has 1 heterocycles. The Morgan fingerprint density at radius 3 is 2.76 bits per heavy atom. The molecule has 0 radical (unpaired) electrons. The SMILES string of the molecule is CCN(C)CCOCc1cc(-c2ccc(F)c(F)c2)no1.